The van der Waals surface area contributed by atoms with Crippen molar-refractivity contribution in [3.05, 3.63) is 133 Å². The van der Waals surface area contributed by atoms with E-state index in [0.717, 1.165) is 56.2 Å². The van der Waals surface area contributed by atoms with Crippen molar-refractivity contribution in [3.8, 4) is 34.2 Å². The Hall–Kier alpha value is -4.96. The zero-order valence-corrected chi connectivity index (χ0v) is 21.5. The van der Waals surface area contributed by atoms with E-state index < -0.39 is 0 Å². The highest BCUT2D eigenvalue weighted by Gasteiger charge is 2.17. The van der Waals surface area contributed by atoms with Crippen LogP contribution in [0.4, 0.5) is 0 Å². The van der Waals surface area contributed by atoms with Gasteiger partial charge in [-0.3, -0.25) is 9.13 Å². The summed E-state index contributed by atoms with van der Waals surface area (Å²) >= 11 is 0. The van der Waals surface area contributed by atoms with Gasteiger partial charge in [0.15, 0.2) is 0 Å². The van der Waals surface area contributed by atoms with E-state index in [9.17, 15) is 0 Å². The molecular weight excluding hydrogens is 464 g/mol. The maximum absolute atomic E-state index is 5.00. The molecule has 0 amide bonds. The average molecular weight is 493 g/mol. The second-order valence-corrected chi connectivity index (χ2v) is 8.77. The molecule has 38 heavy (non-hydrogen) atoms. The SMILES string of the molecule is CC.c1ccc(-n2c(-c3ccc(-c4nc5ccccc5n4-c4ccccc4)cc3)nc3ccccc32)cc1. The topological polar surface area (TPSA) is 35.6 Å². The van der Waals surface area contributed by atoms with E-state index in [1.165, 1.54) is 0 Å². The maximum Gasteiger partial charge on any atom is 0.145 e. The fraction of sp³-hybridized carbons (Fsp3) is 0.0588. The third kappa shape index (κ3) is 4.06. The first-order valence-corrected chi connectivity index (χ1v) is 13.0. The fourth-order valence-corrected chi connectivity index (χ4v) is 4.88. The van der Waals surface area contributed by atoms with Crippen molar-refractivity contribution in [1.82, 2.24) is 19.1 Å². The quantitative estimate of drug-likeness (QED) is 0.246. The molecule has 7 aromatic rings. The van der Waals surface area contributed by atoms with Gasteiger partial charge in [-0.05, 0) is 48.5 Å². The summed E-state index contributed by atoms with van der Waals surface area (Å²) in [7, 11) is 0. The van der Waals surface area contributed by atoms with Gasteiger partial charge in [-0.2, -0.15) is 0 Å². The molecule has 0 unspecified atom stereocenters. The maximum atomic E-state index is 5.00. The van der Waals surface area contributed by atoms with Crippen LogP contribution in [0.25, 0.3) is 56.2 Å². The molecule has 4 heteroatoms. The van der Waals surface area contributed by atoms with Crippen LogP contribution in [0.1, 0.15) is 13.8 Å². The highest BCUT2D eigenvalue weighted by molar-refractivity contribution is 5.85. The summed E-state index contributed by atoms with van der Waals surface area (Å²) in [6.45, 7) is 4.00. The smallest absolute Gasteiger partial charge is 0.145 e. The molecule has 0 radical (unpaired) electrons. The van der Waals surface area contributed by atoms with Gasteiger partial charge in [-0.15, -0.1) is 0 Å². The molecule has 2 aromatic heterocycles. The molecule has 5 aromatic carbocycles. The summed E-state index contributed by atoms with van der Waals surface area (Å²) in [5.41, 5.74) is 8.44. The third-order valence-electron chi connectivity index (χ3n) is 6.55. The lowest BCUT2D eigenvalue weighted by Gasteiger charge is -2.11. The average Bonchev–Trinajstić information content (AvgIpc) is 3.58. The van der Waals surface area contributed by atoms with Crippen LogP contribution in [0.3, 0.4) is 0 Å². The van der Waals surface area contributed by atoms with Crippen molar-refractivity contribution in [2.24, 2.45) is 0 Å². The summed E-state index contributed by atoms with van der Waals surface area (Å²) in [5, 5.41) is 0. The number of para-hydroxylation sites is 6. The van der Waals surface area contributed by atoms with Crippen molar-refractivity contribution in [1.29, 1.82) is 0 Å². The van der Waals surface area contributed by atoms with Crippen LogP contribution in [0.15, 0.2) is 133 Å². The first-order chi connectivity index (χ1) is 18.9. The van der Waals surface area contributed by atoms with Gasteiger partial charge >= 0.3 is 0 Å². The Labute approximate surface area is 222 Å². The Morgan fingerprint density at radius 3 is 1.13 bits per heavy atom. The number of nitrogens with zero attached hydrogens (tertiary/aromatic N) is 4. The summed E-state index contributed by atoms with van der Waals surface area (Å²) in [4.78, 5) is 10.0. The summed E-state index contributed by atoms with van der Waals surface area (Å²) in [5.74, 6) is 1.84. The Morgan fingerprint density at radius 1 is 0.395 bits per heavy atom. The highest BCUT2D eigenvalue weighted by atomic mass is 15.1. The van der Waals surface area contributed by atoms with Gasteiger partial charge in [-0.1, -0.05) is 98.8 Å². The molecule has 0 aliphatic rings. The number of imidazole rings is 2. The molecule has 7 rings (SSSR count). The largest absolute Gasteiger partial charge is 0.292 e. The second-order valence-electron chi connectivity index (χ2n) is 8.77. The lowest BCUT2D eigenvalue weighted by molar-refractivity contribution is 1.10. The zero-order chi connectivity index (χ0) is 25.9. The van der Waals surface area contributed by atoms with Crippen LogP contribution in [0.5, 0.6) is 0 Å². The molecule has 0 N–H and O–H groups in total. The zero-order valence-electron chi connectivity index (χ0n) is 21.5. The molecule has 0 saturated heterocycles. The summed E-state index contributed by atoms with van der Waals surface area (Å²) in [6.07, 6.45) is 0. The predicted octanol–water partition coefficient (Wildman–Crippen LogP) is 8.72. The van der Waals surface area contributed by atoms with Crippen molar-refractivity contribution in [2.45, 2.75) is 13.8 Å². The predicted molar refractivity (Wildman–Crippen MR) is 158 cm³/mol. The van der Waals surface area contributed by atoms with Crippen LogP contribution in [0, 0.1) is 0 Å². The summed E-state index contributed by atoms with van der Waals surface area (Å²) < 4.78 is 4.45. The monoisotopic (exact) mass is 492 g/mol. The Balaban J connectivity index is 0.00000129. The van der Waals surface area contributed by atoms with Crippen LogP contribution in [-0.2, 0) is 0 Å². The molecule has 0 bridgehead atoms. The first-order valence-electron chi connectivity index (χ1n) is 13.0. The molecule has 0 aliphatic heterocycles. The van der Waals surface area contributed by atoms with E-state index in [1.54, 1.807) is 0 Å². The van der Waals surface area contributed by atoms with Gasteiger partial charge in [0.25, 0.3) is 0 Å². The van der Waals surface area contributed by atoms with E-state index in [-0.39, 0.29) is 0 Å². The van der Waals surface area contributed by atoms with Crippen molar-refractivity contribution >= 4 is 22.1 Å². The minimum Gasteiger partial charge on any atom is -0.292 e. The lowest BCUT2D eigenvalue weighted by Crippen LogP contribution is -1.98. The van der Waals surface area contributed by atoms with Gasteiger partial charge in [-0.25, -0.2) is 9.97 Å². The van der Waals surface area contributed by atoms with Crippen LogP contribution < -0.4 is 0 Å². The lowest BCUT2D eigenvalue weighted by atomic mass is 10.1. The standard InChI is InChI=1S/C32H22N4.C2H6/c1-3-11-25(12-4-1)35-29-17-9-7-15-27(29)33-31(35)23-19-21-24(22-20-23)32-34-28-16-8-10-18-30(28)36(32)26-13-5-2-6-14-26;1-2/h1-22H;1-2H3. The Bertz CT molecular complexity index is 1680. The molecule has 0 spiro atoms. The molecule has 0 aliphatic carbocycles. The number of fused-ring (bicyclic) bond motifs is 2. The molecule has 184 valence electrons. The van der Waals surface area contributed by atoms with Gasteiger partial charge in [0.05, 0.1) is 22.1 Å². The Kier molecular flexibility index (Phi) is 6.29. The number of aromatic nitrogens is 4. The van der Waals surface area contributed by atoms with E-state index in [2.05, 4.69) is 118 Å². The number of hydrogen-bond donors (Lipinski definition) is 0. The minimum absolute atomic E-state index is 0.922. The molecule has 4 nitrogen and oxygen atoms in total. The highest BCUT2D eigenvalue weighted by Crippen LogP contribution is 2.32. The fourth-order valence-electron chi connectivity index (χ4n) is 4.88. The van der Waals surface area contributed by atoms with Crippen molar-refractivity contribution in [2.75, 3.05) is 0 Å². The normalized spacial score (nSPS) is 10.9. The van der Waals surface area contributed by atoms with Crippen molar-refractivity contribution in [3.63, 3.8) is 0 Å². The first kappa shape index (κ1) is 23.4. The third-order valence-corrected chi connectivity index (χ3v) is 6.55. The van der Waals surface area contributed by atoms with Gasteiger partial charge < -0.3 is 0 Å². The second kappa shape index (κ2) is 10.2. The van der Waals surface area contributed by atoms with Gasteiger partial charge in [0.2, 0.25) is 0 Å². The summed E-state index contributed by atoms with van der Waals surface area (Å²) in [6, 6.07) is 45.9. The Morgan fingerprint density at radius 2 is 0.737 bits per heavy atom. The van der Waals surface area contributed by atoms with E-state index in [4.69, 9.17) is 9.97 Å². The molecule has 2 heterocycles. The van der Waals surface area contributed by atoms with E-state index in [0.29, 0.717) is 0 Å². The molecule has 0 saturated carbocycles. The molecule has 0 atom stereocenters. The van der Waals surface area contributed by atoms with Gasteiger partial charge in [0.1, 0.15) is 11.6 Å². The molecular formula is C34H28N4. The number of rotatable bonds is 4. The number of hydrogen-bond acceptors (Lipinski definition) is 2. The van der Waals surface area contributed by atoms with Crippen LogP contribution >= 0.6 is 0 Å². The number of benzene rings is 5. The van der Waals surface area contributed by atoms with E-state index >= 15 is 0 Å². The van der Waals surface area contributed by atoms with Crippen LogP contribution in [-0.4, -0.2) is 19.1 Å². The minimum atomic E-state index is 0.922. The van der Waals surface area contributed by atoms with Crippen LogP contribution in [0.2, 0.25) is 0 Å². The van der Waals surface area contributed by atoms with Gasteiger partial charge in [0, 0.05) is 22.5 Å². The van der Waals surface area contributed by atoms with E-state index in [1.807, 2.05) is 38.1 Å². The van der Waals surface area contributed by atoms with Crippen molar-refractivity contribution < 1.29 is 0 Å². The molecule has 0 fully saturated rings.